The first-order valence-corrected chi connectivity index (χ1v) is 10.1. The van der Waals surface area contributed by atoms with Crippen molar-refractivity contribution >= 4 is 11.6 Å². The van der Waals surface area contributed by atoms with Gasteiger partial charge in [0.05, 0.1) is 6.54 Å². The molecule has 0 radical (unpaired) electrons. The van der Waals surface area contributed by atoms with Crippen LogP contribution in [0.2, 0.25) is 0 Å². The zero-order chi connectivity index (χ0) is 19.6. The highest BCUT2D eigenvalue weighted by Crippen LogP contribution is 2.21. The first-order valence-electron chi connectivity index (χ1n) is 10.1. The van der Waals surface area contributed by atoms with Gasteiger partial charge in [0, 0.05) is 11.7 Å². The van der Waals surface area contributed by atoms with Crippen molar-refractivity contribution in [1.29, 1.82) is 0 Å². The minimum Gasteiger partial charge on any atom is -0.490 e. The van der Waals surface area contributed by atoms with Crippen molar-refractivity contribution in [2.45, 2.75) is 38.1 Å². The number of carbonyl (C=O) groups excluding carboxylic acids is 1. The largest absolute Gasteiger partial charge is 0.490 e. The quantitative estimate of drug-likeness (QED) is 0.655. The molecule has 5 nitrogen and oxygen atoms in total. The molecule has 3 rings (SSSR count). The van der Waals surface area contributed by atoms with Gasteiger partial charge in [-0.2, -0.15) is 0 Å². The van der Waals surface area contributed by atoms with Crippen LogP contribution in [0.5, 0.6) is 11.5 Å². The lowest BCUT2D eigenvalue weighted by Crippen LogP contribution is -2.39. The van der Waals surface area contributed by atoms with Crippen LogP contribution in [-0.2, 0) is 4.79 Å². The lowest BCUT2D eigenvalue weighted by Gasteiger charge is -2.30. The number of likely N-dealkylation sites (N-methyl/N-ethyl adjacent to an activating group) is 1. The van der Waals surface area contributed by atoms with Gasteiger partial charge in [-0.25, -0.2) is 0 Å². The minimum absolute atomic E-state index is 0.0259. The van der Waals surface area contributed by atoms with Crippen LogP contribution in [0.15, 0.2) is 54.6 Å². The standard InChI is InChI=1S/C23H30N2O3/c1-25(20-8-4-2-5-9-20)18-23(26)24-19-12-14-22(15-13-19)28-17-16-27-21-10-6-3-7-11-21/h3,6-7,10-15,20H,2,4-5,8-9,16-18H2,1H3,(H,24,26). The van der Waals surface area contributed by atoms with E-state index >= 15 is 0 Å². The highest BCUT2D eigenvalue weighted by Gasteiger charge is 2.19. The van der Waals surface area contributed by atoms with Gasteiger partial charge in [0.25, 0.3) is 0 Å². The first-order chi connectivity index (χ1) is 13.7. The molecule has 2 aromatic carbocycles. The first kappa shape index (κ1) is 20.2. The molecule has 0 aromatic heterocycles. The maximum atomic E-state index is 12.3. The summed E-state index contributed by atoms with van der Waals surface area (Å²) in [5.41, 5.74) is 0.787. The van der Waals surface area contributed by atoms with Gasteiger partial charge in [0.1, 0.15) is 24.7 Å². The zero-order valence-electron chi connectivity index (χ0n) is 16.6. The number of para-hydroxylation sites is 1. The molecule has 0 atom stereocenters. The smallest absolute Gasteiger partial charge is 0.238 e. The maximum absolute atomic E-state index is 12.3. The van der Waals surface area contributed by atoms with Crippen LogP contribution in [0.25, 0.3) is 0 Å². The van der Waals surface area contributed by atoms with Crippen LogP contribution >= 0.6 is 0 Å². The van der Waals surface area contributed by atoms with Crippen LogP contribution in [0, 0.1) is 0 Å². The van der Waals surface area contributed by atoms with Crippen LogP contribution in [0.3, 0.4) is 0 Å². The molecule has 0 saturated heterocycles. The number of hydrogen-bond donors (Lipinski definition) is 1. The predicted octanol–water partition coefficient (Wildman–Crippen LogP) is 4.35. The van der Waals surface area contributed by atoms with Crippen molar-refractivity contribution in [1.82, 2.24) is 4.90 Å². The minimum atomic E-state index is 0.0259. The number of rotatable bonds is 9. The Morgan fingerprint density at radius 1 is 0.929 bits per heavy atom. The highest BCUT2D eigenvalue weighted by atomic mass is 16.5. The molecular formula is C23H30N2O3. The van der Waals surface area contributed by atoms with Gasteiger partial charge in [0.2, 0.25) is 5.91 Å². The third-order valence-electron chi connectivity index (χ3n) is 5.09. The summed E-state index contributed by atoms with van der Waals surface area (Å²) in [4.78, 5) is 14.5. The van der Waals surface area contributed by atoms with E-state index in [1.54, 1.807) is 0 Å². The van der Waals surface area contributed by atoms with Crippen molar-refractivity contribution in [2.75, 3.05) is 32.1 Å². The Labute approximate surface area is 167 Å². The van der Waals surface area contributed by atoms with Gasteiger partial charge in [-0.15, -0.1) is 0 Å². The van der Waals surface area contributed by atoms with Crippen molar-refractivity contribution < 1.29 is 14.3 Å². The number of ether oxygens (including phenoxy) is 2. The van der Waals surface area contributed by atoms with Crippen LogP contribution in [0.1, 0.15) is 32.1 Å². The molecule has 28 heavy (non-hydrogen) atoms. The molecule has 0 bridgehead atoms. The normalized spacial score (nSPS) is 14.6. The van der Waals surface area contributed by atoms with E-state index in [4.69, 9.17) is 9.47 Å². The summed E-state index contributed by atoms with van der Waals surface area (Å²) in [5, 5.41) is 2.97. The number of anilines is 1. The zero-order valence-corrected chi connectivity index (χ0v) is 16.6. The van der Waals surface area contributed by atoms with E-state index in [1.165, 1.54) is 32.1 Å². The van der Waals surface area contributed by atoms with Crippen molar-refractivity contribution in [2.24, 2.45) is 0 Å². The SMILES string of the molecule is CN(CC(=O)Nc1ccc(OCCOc2ccccc2)cc1)C1CCCCC1. The summed E-state index contributed by atoms with van der Waals surface area (Å²) in [6, 6.07) is 17.7. The molecule has 1 fully saturated rings. The molecular weight excluding hydrogens is 352 g/mol. The van der Waals surface area contributed by atoms with Gasteiger partial charge >= 0.3 is 0 Å². The molecule has 1 N–H and O–H groups in total. The van der Waals surface area contributed by atoms with Crippen LogP contribution in [-0.4, -0.2) is 43.7 Å². The Morgan fingerprint density at radius 2 is 1.54 bits per heavy atom. The number of hydrogen-bond acceptors (Lipinski definition) is 4. The summed E-state index contributed by atoms with van der Waals surface area (Å²) >= 11 is 0. The molecule has 2 aromatic rings. The van der Waals surface area contributed by atoms with E-state index in [2.05, 4.69) is 10.2 Å². The summed E-state index contributed by atoms with van der Waals surface area (Å²) in [6.07, 6.45) is 6.26. The Bertz CT molecular complexity index is 712. The molecule has 0 aliphatic heterocycles. The fourth-order valence-corrected chi connectivity index (χ4v) is 3.55. The lowest BCUT2D eigenvalue weighted by molar-refractivity contribution is -0.117. The molecule has 1 aliphatic carbocycles. The van der Waals surface area contributed by atoms with E-state index in [1.807, 2.05) is 61.6 Å². The molecule has 1 aliphatic rings. The van der Waals surface area contributed by atoms with Crippen LogP contribution < -0.4 is 14.8 Å². The van der Waals surface area contributed by atoms with Crippen molar-refractivity contribution in [3.63, 3.8) is 0 Å². The van der Waals surface area contributed by atoms with E-state index in [0.29, 0.717) is 25.8 Å². The van der Waals surface area contributed by atoms with Gasteiger partial charge in [-0.3, -0.25) is 9.69 Å². The van der Waals surface area contributed by atoms with Gasteiger partial charge < -0.3 is 14.8 Å². The number of carbonyl (C=O) groups is 1. The summed E-state index contributed by atoms with van der Waals surface area (Å²) in [5.74, 6) is 1.62. The molecule has 150 valence electrons. The van der Waals surface area contributed by atoms with Gasteiger partial charge in [-0.1, -0.05) is 37.5 Å². The van der Waals surface area contributed by atoms with E-state index in [0.717, 1.165) is 17.2 Å². The Morgan fingerprint density at radius 3 is 2.18 bits per heavy atom. The average Bonchev–Trinajstić information content (AvgIpc) is 2.73. The topological polar surface area (TPSA) is 50.8 Å². The Hall–Kier alpha value is -2.53. The number of nitrogens with one attached hydrogen (secondary N) is 1. The fourth-order valence-electron chi connectivity index (χ4n) is 3.55. The van der Waals surface area contributed by atoms with E-state index < -0.39 is 0 Å². The fraction of sp³-hybridized carbons (Fsp3) is 0.435. The Balaban J connectivity index is 1.37. The lowest BCUT2D eigenvalue weighted by atomic mass is 9.94. The summed E-state index contributed by atoms with van der Waals surface area (Å²) < 4.78 is 11.3. The molecule has 0 spiro atoms. The van der Waals surface area contributed by atoms with Gasteiger partial charge in [0.15, 0.2) is 0 Å². The number of nitrogens with zero attached hydrogens (tertiary/aromatic N) is 1. The molecule has 5 heteroatoms. The van der Waals surface area contributed by atoms with E-state index in [-0.39, 0.29) is 5.91 Å². The summed E-state index contributed by atoms with van der Waals surface area (Å²) in [7, 11) is 2.05. The molecule has 1 saturated carbocycles. The van der Waals surface area contributed by atoms with Crippen molar-refractivity contribution in [3.05, 3.63) is 54.6 Å². The predicted molar refractivity (Wildman–Crippen MR) is 112 cm³/mol. The maximum Gasteiger partial charge on any atom is 0.238 e. The van der Waals surface area contributed by atoms with E-state index in [9.17, 15) is 4.79 Å². The molecule has 1 amide bonds. The average molecular weight is 383 g/mol. The monoisotopic (exact) mass is 382 g/mol. The summed E-state index contributed by atoms with van der Waals surface area (Å²) in [6.45, 7) is 1.38. The third kappa shape index (κ3) is 6.57. The van der Waals surface area contributed by atoms with Crippen LogP contribution in [0.4, 0.5) is 5.69 Å². The van der Waals surface area contributed by atoms with Gasteiger partial charge in [-0.05, 0) is 56.3 Å². The van der Waals surface area contributed by atoms with Crippen molar-refractivity contribution in [3.8, 4) is 11.5 Å². The molecule has 0 heterocycles. The number of amides is 1. The second kappa shape index (κ2) is 10.7. The Kier molecular flexibility index (Phi) is 7.73. The number of benzene rings is 2. The second-order valence-corrected chi connectivity index (χ2v) is 7.29. The third-order valence-corrected chi connectivity index (χ3v) is 5.09. The highest BCUT2D eigenvalue weighted by molar-refractivity contribution is 5.92. The second-order valence-electron chi connectivity index (χ2n) is 7.29. The molecule has 0 unspecified atom stereocenters.